The summed E-state index contributed by atoms with van der Waals surface area (Å²) in [5.41, 5.74) is 12.9. The van der Waals surface area contributed by atoms with Gasteiger partial charge in [0.05, 0.1) is 11.0 Å². The van der Waals surface area contributed by atoms with Crippen LogP contribution in [-0.2, 0) is 0 Å². The third-order valence-corrected chi connectivity index (χ3v) is 10.8. The van der Waals surface area contributed by atoms with Crippen LogP contribution in [0.15, 0.2) is 206 Å². The van der Waals surface area contributed by atoms with Crippen LogP contribution in [0.5, 0.6) is 0 Å². The summed E-state index contributed by atoms with van der Waals surface area (Å²) in [5.74, 6) is 0. The van der Waals surface area contributed by atoms with Crippen LogP contribution in [0.25, 0.3) is 77.4 Å². The first-order valence-corrected chi connectivity index (χ1v) is 19.0. The van der Waals surface area contributed by atoms with E-state index < -0.39 is 0 Å². The minimum absolute atomic E-state index is 1.10. The maximum absolute atomic E-state index is 2.42. The Kier molecular flexibility index (Phi) is 8.08. The van der Waals surface area contributed by atoms with Gasteiger partial charge in [0.15, 0.2) is 0 Å². The molecule has 0 aliphatic carbocycles. The second kappa shape index (κ2) is 13.7. The van der Waals surface area contributed by atoms with Gasteiger partial charge in [0.1, 0.15) is 0 Å². The van der Waals surface area contributed by atoms with Gasteiger partial charge in [0, 0.05) is 33.5 Å². The number of hydrogen-bond acceptors (Lipinski definition) is 1. The number of para-hydroxylation sites is 1. The van der Waals surface area contributed by atoms with E-state index in [2.05, 4.69) is 229 Å². The fraction of sp³-hybridized carbons (Fsp3) is 0.0189. The number of fused-ring (bicyclic) bond motifs is 5. The average molecular weight is 703 g/mol. The molecular formula is C53H38N2. The van der Waals surface area contributed by atoms with E-state index in [0.29, 0.717) is 0 Å². The molecule has 0 atom stereocenters. The molecule has 10 aromatic rings. The smallest absolute Gasteiger partial charge is 0.0541 e. The molecule has 1 heterocycles. The lowest BCUT2D eigenvalue weighted by Gasteiger charge is -2.26. The molecule has 0 aliphatic rings. The van der Waals surface area contributed by atoms with Crippen LogP contribution < -0.4 is 4.90 Å². The van der Waals surface area contributed by atoms with Crippen molar-refractivity contribution in [3.63, 3.8) is 0 Å². The van der Waals surface area contributed by atoms with E-state index in [0.717, 1.165) is 22.7 Å². The Balaban J connectivity index is 1.12. The zero-order chi connectivity index (χ0) is 36.7. The Hall–Kier alpha value is -7.16. The summed E-state index contributed by atoms with van der Waals surface area (Å²) in [6.45, 7) is 2.05. The van der Waals surface area contributed by atoms with Gasteiger partial charge in [-0.2, -0.15) is 0 Å². The number of anilines is 3. The standard InChI is InChI=1S/C53H38N2/c1-2-10-37-17-25-47(26-18-37)54(46-15-4-3-5-16-46)48-27-29-49(30-28-48)55-52-31-23-44(42-21-19-38-11-6-8-13-40(38)33-42)35-50(52)51-36-45(24-32-53(51)55)43-22-20-39-12-7-9-14-41(39)34-43/h2-36H,1H3/b10-2+. The van der Waals surface area contributed by atoms with Gasteiger partial charge >= 0.3 is 0 Å². The number of nitrogens with zero attached hydrogens (tertiary/aromatic N) is 2. The number of hydrogen-bond donors (Lipinski definition) is 0. The van der Waals surface area contributed by atoms with Crippen LogP contribution in [0.4, 0.5) is 17.1 Å². The van der Waals surface area contributed by atoms with Crippen LogP contribution in [0.3, 0.4) is 0 Å². The van der Waals surface area contributed by atoms with Crippen molar-refractivity contribution in [3.8, 4) is 27.9 Å². The van der Waals surface area contributed by atoms with Gasteiger partial charge in [-0.3, -0.25) is 0 Å². The molecule has 0 spiro atoms. The van der Waals surface area contributed by atoms with Crippen LogP contribution in [0.2, 0.25) is 0 Å². The molecule has 0 bridgehead atoms. The molecule has 0 unspecified atom stereocenters. The van der Waals surface area contributed by atoms with Crippen molar-refractivity contribution in [1.29, 1.82) is 0 Å². The van der Waals surface area contributed by atoms with E-state index in [-0.39, 0.29) is 0 Å². The molecule has 0 aliphatic heterocycles. The molecule has 10 rings (SSSR count). The van der Waals surface area contributed by atoms with Crippen molar-refractivity contribution in [1.82, 2.24) is 4.57 Å². The summed E-state index contributed by atoms with van der Waals surface area (Å²) in [6.07, 6.45) is 4.21. The largest absolute Gasteiger partial charge is 0.311 e. The lowest BCUT2D eigenvalue weighted by molar-refractivity contribution is 1.17. The Labute approximate surface area is 321 Å². The summed E-state index contributed by atoms with van der Waals surface area (Å²) in [7, 11) is 0. The molecule has 55 heavy (non-hydrogen) atoms. The van der Waals surface area contributed by atoms with Crippen LogP contribution in [0, 0.1) is 0 Å². The van der Waals surface area contributed by atoms with Crippen LogP contribution >= 0.6 is 0 Å². The van der Waals surface area contributed by atoms with Gasteiger partial charge in [0.25, 0.3) is 0 Å². The Morgan fingerprint density at radius 1 is 0.382 bits per heavy atom. The average Bonchev–Trinajstić information content (AvgIpc) is 3.58. The molecule has 0 saturated carbocycles. The number of benzene rings is 9. The molecule has 1 aromatic heterocycles. The van der Waals surface area contributed by atoms with Crippen molar-refractivity contribution in [3.05, 3.63) is 212 Å². The maximum atomic E-state index is 2.42. The molecule has 260 valence electrons. The highest BCUT2D eigenvalue weighted by Gasteiger charge is 2.17. The van der Waals surface area contributed by atoms with E-state index >= 15 is 0 Å². The highest BCUT2D eigenvalue weighted by molar-refractivity contribution is 6.12. The van der Waals surface area contributed by atoms with Crippen molar-refractivity contribution >= 4 is 66.5 Å². The van der Waals surface area contributed by atoms with Crippen molar-refractivity contribution in [2.75, 3.05) is 4.90 Å². The first kappa shape index (κ1) is 32.5. The number of allylic oxidation sites excluding steroid dienone is 1. The lowest BCUT2D eigenvalue weighted by atomic mass is 9.98. The number of rotatable bonds is 7. The van der Waals surface area contributed by atoms with E-state index in [4.69, 9.17) is 0 Å². The highest BCUT2D eigenvalue weighted by Crippen LogP contribution is 2.40. The zero-order valence-corrected chi connectivity index (χ0v) is 30.6. The molecule has 0 saturated heterocycles. The first-order chi connectivity index (χ1) is 27.2. The van der Waals surface area contributed by atoms with E-state index in [1.165, 1.54) is 71.2 Å². The quantitative estimate of drug-likeness (QED) is 0.160. The Morgan fingerprint density at radius 3 is 1.35 bits per heavy atom. The van der Waals surface area contributed by atoms with Gasteiger partial charge in [-0.15, -0.1) is 0 Å². The molecule has 2 nitrogen and oxygen atoms in total. The first-order valence-electron chi connectivity index (χ1n) is 19.0. The van der Waals surface area contributed by atoms with E-state index in [9.17, 15) is 0 Å². The van der Waals surface area contributed by atoms with Gasteiger partial charge in [0.2, 0.25) is 0 Å². The third-order valence-electron chi connectivity index (χ3n) is 10.8. The van der Waals surface area contributed by atoms with Gasteiger partial charge < -0.3 is 9.47 Å². The molecular weight excluding hydrogens is 665 g/mol. The maximum Gasteiger partial charge on any atom is 0.0541 e. The SMILES string of the molecule is C/C=C/c1ccc(N(c2ccccc2)c2ccc(-n3c4ccc(-c5ccc6ccccc6c5)cc4c4cc(-c5ccc6ccccc6c5)ccc43)cc2)cc1. The monoisotopic (exact) mass is 702 g/mol. The normalized spacial score (nSPS) is 11.7. The topological polar surface area (TPSA) is 8.17 Å². The van der Waals surface area contributed by atoms with Crippen LogP contribution in [0.1, 0.15) is 12.5 Å². The summed E-state index contributed by atoms with van der Waals surface area (Å²) >= 11 is 0. The summed E-state index contributed by atoms with van der Waals surface area (Å²) < 4.78 is 2.42. The molecule has 0 N–H and O–H groups in total. The van der Waals surface area contributed by atoms with Crippen LogP contribution in [-0.4, -0.2) is 4.57 Å². The van der Waals surface area contributed by atoms with Crippen molar-refractivity contribution in [2.45, 2.75) is 6.92 Å². The molecule has 0 fully saturated rings. The lowest BCUT2D eigenvalue weighted by Crippen LogP contribution is -2.10. The Morgan fingerprint density at radius 2 is 0.818 bits per heavy atom. The second-order valence-corrected chi connectivity index (χ2v) is 14.2. The molecule has 9 aromatic carbocycles. The minimum atomic E-state index is 1.10. The predicted octanol–water partition coefficient (Wildman–Crippen LogP) is 14.9. The number of aromatic nitrogens is 1. The van der Waals surface area contributed by atoms with Gasteiger partial charge in [-0.05, 0) is 141 Å². The molecule has 0 amide bonds. The third kappa shape index (κ3) is 5.95. The van der Waals surface area contributed by atoms with Crippen molar-refractivity contribution in [2.24, 2.45) is 0 Å². The zero-order valence-electron chi connectivity index (χ0n) is 30.6. The fourth-order valence-electron chi connectivity index (χ4n) is 8.10. The van der Waals surface area contributed by atoms with E-state index in [1.54, 1.807) is 0 Å². The highest BCUT2D eigenvalue weighted by atomic mass is 15.1. The van der Waals surface area contributed by atoms with E-state index in [1.807, 2.05) is 0 Å². The Bertz CT molecular complexity index is 2890. The molecule has 0 radical (unpaired) electrons. The minimum Gasteiger partial charge on any atom is -0.311 e. The van der Waals surface area contributed by atoms with Gasteiger partial charge in [-0.1, -0.05) is 127 Å². The van der Waals surface area contributed by atoms with Crippen molar-refractivity contribution < 1.29 is 0 Å². The molecule has 2 heteroatoms. The summed E-state index contributed by atoms with van der Waals surface area (Å²) in [6, 6.07) is 73.0. The second-order valence-electron chi connectivity index (χ2n) is 14.2. The van der Waals surface area contributed by atoms with Gasteiger partial charge in [-0.25, -0.2) is 0 Å². The summed E-state index contributed by atoms with van der Waals surface area (Å²) in [4.78, 5) is 2.32. The predicted molar refractivity (Wildman–Crippen MR) is 236 cm³/mol. The fourth-order valence-corrected chi connectivity index (χ4v) is 8.10. The summed E-state index contributed by atoms with van der Waals surface area (Å²) in [5, 5.41) is 7.48.